The first kappa shape index (κ1) is 27.4. The fourth-order valence-electron chi connectivity index (χ4n) is 6.70. The van der Waals surface area contributed by atoms with Crippen LogP contribution in [0, 0.1) is 21.9 Å². The first-order valence-corrected chi connectivity index (χ1v) is 16.0. The number of ether oxygens (including phenoxy) is 1. The van der Waals surface area contributed by atoms with E-state index in [-0.39, 0.29) is 5.41 Å². The number of nitrogens with zero attached hydrogens (tertiary/aromatic N) is 4. The van der Waals surface area contributed by atoms with Crippen LogP contribution in [0.3, 0.4) is 0 Å². The quantitative estimate of drug-likeness (QED) is 0.174. The van der Waals surface area contributed by atoms with Gasteiger partial charge in [-0.3, -0.25) is 0 Å². The van der Waals surface area contributed by atoms with Crippen LogP contribution in [0.25, 0.3) is 16.7 Å². The first-order chi connectivity index (χ1) is 20.3. The Hall–Kier alpha value is -3.43. The van der Waals surface area contributed by atoms with Gasteiger partial charge in [0.1, 0.15) is 0 Å². The predicted molar refractivity (Wildman–Crippen MR) is 164 cm³/mol. The molecule has 0 radical (unpaired) electrons. The molecule has 7 rings (SSSR count). The number of benzene rings is 3. The molecular formula is C36H36N4OPt-2. The SMILES string of the molecule is Cn1[c](=[Pt])n(-c2[c-]c(Oc3[c-]c4c(cc3)C3CCCCC3CN4c3cc(C(C)(C)C)ccn3)ccc2)c2ccccc21. The van der Waals surface area contributed by atoms with E-state index in [1.165, 1.54) is 42.3 Å². The second kappa shape index (κ2) is 10.7. The van der Waals surface area contributed by atoms with E-state index >= 15 is 0 Å². The Morgan fingerprint density at radius 1 is 0.905 bits per heavy atom. The number of aryl methyl sites for hydroxylation is 1. The van der Waals surface area contributed by atoms with E-state index in [2.05, 4.69) is 128 Å². The average Bonchev–Trinajstić information content (AvgIpc) is 3.26. The third kappa shape index (κ3) is 4.86. The molecule has 2 aromatic heterocycles. The van der Waals surface area contributed by atoms with Gasteiger partial charge in [-0.05, 0) is 23.5 Å². The monoisotopic (exact) mass is 735 g/mol. The van der Waals surface area contributed by atoms with E-state index < -0.39 is 0 Å². The zero-order valence-corrected chi connectivity index (χ0v) is 26.9. The molecule has 1 fully saturated rings. The summed E-state index contributed by atoms with van der Waals surface area (Å²) in [4.78, 5) is 7.25. The number of pyridine rings is 1. The number of fused-ring (bicyclic) bond motifs is 4. The summed E-state index contributed by atoms with van der Waals surface area (Å²) >= 11 is 2.38. The molecule has 1 aliphatic carbocycles. The molecule has 218 valence electrons. The van der Waals surface area contributed by atoms with Crippen molar-refractivity contribution in [1.29, 1.82) is 0 Å². The standard InChI is InChI=1S/C36H36N4O.Pt/c1-36(2,3)26-18-19-37-35(20-26)39-23-25-10-5-6-13-30(25)31-17-16-29(22-34(31)39)41-28-12-9-11-27(21-28)40-24-38(4)32-14-7-8-15-33(32)40;/h7-9,11-12,14-20,25,30H,5-6,10,13,23H2,1-4H3;/q-2;. The molecule has 3 aromatic carbocycles. The molecule has 2 aliphatic rings. The van der Waals surface area contributed by atoms with Crippen LogP contribution in [0.2, 0.25) is 0 Å². The van der Waals surface area contributed by atoms with Crippen LogP contribution < -0.4 is 9.64 Å². The van der Waals surface area contributed by atoms with Crippen LogP contribution in [-0.4, -0.2) is 20.7 Å². The predicted octanol–water partition coefficient (Wildman–Crippen LogP) is 8.56. The summed E-state index contributed by atoms with van der Waals surface area (Å²) in [6.45, 7) is 7.74. The molecule has 0 bridgehead atoms. The van der Waals surface area contributed by atoms with E-state index in [0.29, 0.717) is 23.3 Å². The van der Waals surface area contributed by atoms with Gasteiger partial charge >= 0.3 is 197 Å². The van der Waals surface area contributed by atoms with Crippen LogP contribution in [-0.2, 0) is 31.8 Å². The van der Waals surface area contributed by atoms with Gasteiger partial charge in [0.2, 0.25) is 0 Å². The second-order valence-electron chi connectivity index (χ2n) is 12.7. The third-order valence-corrected chi connectivity index (χ3v) is 10.2. The van der Waals surface area contributed by atoms with Crippen LogP contribution >= 0.6 is 0 Å². The van der Waals surface area contributed by atoms with Gasteiger partial charge in [-0.25, -0.2) is 0 Å². The van der Waals surface area contributed by atoms with Crippen molar-refractivity contribution in [3.63, 3.8) is 0 Å². The van der Waals surface area contributed by atoms with Gasteiger partial charge in [0, 0.05) is 6.20 Å². The first-order valence-electron chi connectivity index (χ1n) is 14.9. The molecule has 42 heavy (non-hydrogen) atoms. The molecule has 3 heterocycles. The molecule has 0 amide bonds. The molecule has 2 atom stereocenters. The van der Waals surface area contributed by atoms with Gasteiger partial charge in [0.25, 0.3) is 0 Å². The number of para-hydroxylation sites is 2. The Balaban J connectivity index is 1.27. The summed E-state index contributed by atoms with van der Waals surface area (Å²) in [5, 5.41) is 0. The summed E-state index contributed by atoms with van der Waals surface area (Å²) in [6, 6.07) is 30.5. The topological polar surface area (TPSA) is 35.2 Å². The van der Waals surface area contributed by atoms with Crippen molar-refractivity contribution >= 4 is 22.5 Å². The molecule has 1 saturated carbocycles. The Bertz CT molecular complexity index is 1850. The fraction of sp³-hybridized carbons (Fsp3) is 0.333. The van der Waals surface area contributed by atoms with E-state index in [4.69, 9.17) is 9.72 Å². The second-order valence-corrected chi connectivity index (χ2v) is 13.7. The van der Waals surface area contributed by atoms with Crippen molar-refractivity contribution in [3.8, 4) is 17.2 Å². The van der Waals surface area contributed by atoms with Gasteiger partial charge in [0.15, 0.2) is 0 Å². The summed E-state index contributed by atoms with van der Waals surface area (Å²) in [6.07, 6.45) is 7.07. The number of hydrogen-bond acceptors (Lipinski definition) is 3. The van der Waals surface area contributed by atoms with Crippen LogP contribution in [0.1, 0.15) is 63.5 Å². The maximum absolute atomic E-state index is 6.48. The number of rotatable bonds is 4. The van der Waals surface area contributed by atoms with E-state index in [1.807, 2.05) is 18.3 Å². The molecule has 0 spiro atoms. The van der Waals surface area contributed by atoms with Crippen molar-refractivity contribution in [2.24, 2.45) is 13.0 Å². The van der Waals surface area contributed by atoms with Gasteiger partial charge < -0.3 is 0 Å². The molecule has 5 aromatic rings. The van der Waals surface area contributed by atoms with E-state index in [1.54, 1.807) is 0 Å². The Morgan fingerprint density at radius 3 is 2.52 bits per heavy atom. The Labute approximate surface area is 259 Å². The number of hydrogen-bond donors (Lipinski definition) is 0. The van der Waals surface area contributed by atoms with Gasteiger partial charge in [0.05, 0.1) is 0 Å². The van der Waals surface area contributed by atoms with E-state index in [0.717, 1.165) is 33.1 Å². The normalized spacial score (nSPS) is 18.6. The van der Waals surface area contributed by atoms with Crippen molar-refractivity contribution in [2.75, 3.05) is 11.4 Å². The van der Waals surface area contributed by atoms with Crippen molar-refractivity contribution in [1.82, 2.24) is 14.1 Å². The maximum atomic E-state index is 6.48. The van der Waals surface area contributed by atoms with Crippen molar-refractivity contribution < 1.29 is 24.1 Å². The molecule has 6 heteroatoms. The van der Waals surface area contributed by atoms with Crippen LogP contribution in [0.15, 0.2) is 72.9 Å². The molecular weight excluding hydrogens is 700 g/mol. The van der Waals surface area contributed by atoms with Gasteiger partial charge in [-0.15, -0.1) is 0 Å². The molecule has 1 aliphatic heterocycles. The zero-order valence-electron chi connectivity index (χ0n) is 24.6. The molecule has 0 saturated heterocycles. The molecule has 0 N–H and O–H groups in total. The summed E-state index contributed by atoms with van der Waals surface area (Å²) in [5.74, 6) is 3.58. The van der Waals surface area contributed by atoms with E-state index in [9.17, 15) is 0 Å². The van der Waals surface area contributed by atoms with Gasteiger partial charge in [-0.1, -0.05) is 33.6 Å². The number of anilines is 2. The third-order valence-electron chi connectivity index (χ3n) is 8.94. The van der Waals surface area contributed by atoms with Crippen LogP contribution in [0.5, 0.6) is 11.5 Å². The van der Waals surface area contributed by atoms with Gasteiger partial charge in [-0.2, -0.15) is 0 Å². The molecule has 5 nitrogen and oxygen atoms in total. The summed E-state index contributed by atoms with van der Waals surface area (Å²) in [7, 11) is 2.10. The minimum absolute atomic E-state index is 0.0547. The van der Waals surface area contributed by atoms with Crippen LogP contribution in [0.4, 0.5) is 11.5 Å². The number of aromatic nitrogens is 3. The minimum atomic E-state index is 0.0547. The summed E-state index contributed by atoms with van der Waals surface area (Å²) in [5.41, 5.74) is 7.08. The van der Waals surface area contributed by atoms with Crippen molar-refractivity contribution in [2.45, 2.75) is 57.8 Å². The average molecular weight is 736 g/mol. The molecule has 2 unspecified atom stereocenters. The Kier molecular flexibility index (Phi) is 6.97. The van der Waals surface area contributed by atoms with Crippen molar-refractivity contribution in [3.05, 3.63) is 100.0 Å². The Morgan fingerprint density at radius 2 is 1.69 bits per heavy atom. The zero-order chi connectivity index (χ0) is 29.0. The fourth-order valence-corrected chi connectivity index (χ4v) is 7.52. The number of imidazole rings is 1. The summed E-state index contributed by atoms with van der Waals surface area (Å²) < 4.78 is 12.0.